The first-order valence-corrected chi connectivity index (χ1v) is 16.8. The third-order valence-electron chi connectivity index (χ3n) is 10.0. The number of hydrogen-bond donors (Lipinski definition) is 2. The molecule has 4 rings (SSSR count). The lowest BCUT2D eigenvalue weighted by Crippen LogP contribution is -2.59. The van der Waals surface area contributed by atoms with Crippen molar-refractivity contribution in [3.63, 3.8) is 0 Å². The molecule has 0 aliphatic carbocycles. The van der Waals surface area contributed by atoms with Gasteiger partial charge in [-0.05, 0) is 37.2 Å². The van der Waals surface area contributed by atoms with E-state index in [0.29, 0.717) is 38.8 Å². The van der Waals surface area contributed by atoms with E-state index < -0.39 is 47.6 Å². The topological polar surface area (TPSA) is 125 Å². The summed E-state index contributed by atoms with van der Waals surface area (Å²) in [6, 6.07) is 7.02. The molecule has 2 bridgehead atoms. The monoisotopic (exact) mass is 637 g/mol. The van der Waals surface area contributed by atoms with Gasteiger partial charge in [0.2, 0.25) is 17.7 Å². The van der Waals surface area contributed by atoms with Gasteiger partial charge in [0.05, 0.1) is 36.6 Å². The normalized spacial score (nSPS) is 26.6. The number of fused-ring (bicyclic) bond motifs is 1. The molecule has 3 fully saturated rings. The van der Waals surface area contributed by atoms with Gasteiger partial charge in [0.1, 0.15) is 18.2 Å². The first-order valence-electron chi connectivity index (χ1n) is 16.8. The maximum atomic E-state index is 14.6. The van der Waals surface area contributed by atoms with Crippen LogP contribution in [0.15, 0.2) is 55.6 Å². The van der Waals surface area contributed by atoms with Crippen LogP contribution in [0.25, 0.3) is 0 Å². The van der Waals surface area contributed by atoms with Crippen molar-refractivity contribution in [2.75, 3.05) is 26.3 Å². The first kappa shape index (κ1) is 35.4. The lowest BCUT2D eigenvalue weighted by atomic mass is 9.70. The second kappa shape index (κ2) is 15.9. The van der Waals surface area contributed by atoms with Gasteiger partial charge in [0, 0.05) is 19.5 Å². The summed E-state index contributed by atoms with van der Waals surface area (Å²) in [5.41, 5.74) is -0.432. The number of likely N-dealkylation sites (tertiary alicyclic amines) is 1. The molecule has 10 nitrogen and oxygen atoms in total. The van der Waals surface area contributed by atoms with Crippen LogP contribution in [0.4, 0.5) is 0 Å². The number of nitrogens with zero attached hydrogens (tertiary/aromatic N) is 2. The molecule has 10 heteroatoms. The maximum Gasteiger partial charge on any atom is 0.306 e. The van der Waals surface area contributed by atoms with Crippen LogP contribution in [0.3, 0.4) is 0 Å². The van der Waals surface area contributed by atoms with E-state index in [9.17, 15) is 24.3 Å². The van der Waals surface area contributed by atoms with Gasteiger partial charge < -0.3 is 29.7 Å². The number of aliphatic hydroxyl groups excluding tert-OH is 1. The largest absolute Gasteiger partial charge is 0.463 e. The molecule has 3 amide bonds. The molecule has 3 aliphatic heterocycles. The minimum absolute atomic E-state index is 0.0739. The van der Waals surface area contributed by atoms with Gasteiger partial charge in [0.25, 0.3) is 0 Å². The summed E-state index contributed by atoms with van der Waals surface area (Å²) < 4.78 is 12.2. The number of hydrogen-bond acceptors (Lipinski definition) is 7. The number of unbranched alkanes of at least 4 members (excludes halogenated alkanes) is 1. The van der Waals surface area contributed by atoms with Crippen LogP contribution in [0.5, 0.6) is 0 Å². The molecule has 1 spiro atoms. The Labute approximate surface area is 273 Å². The lowest BCUT2D eigenvalue weighted by molar-refractivity contribution is -0.152. The average Bonchev–Trinajstić information content (AvgIpc) is 3.71. The van der Waals surface area contributed by atoms with Crippen LogP contribution >= 0.6 is 0 Å². The second-order valence-corrected chi connectivity index (χ2v) is 12.8. The summed E-state index contributed by atoms with van der Waals surface area (Å²) in [4.78, 5) is 58.9. The summed E-state index contributed by atoms with van der Waals surface area (Å²) in [6.07, 6.45) is 6.81. The van der Waals surface area contributed by atoms with Crippen LogP contribution in [-0.4, -0.2) is 88.7 Å². The van der Waals surface area contributed by atoms with Crippen LogP contribution in [-0.2, 0) is 28.7 Å². The highest BCUT2D eigenvalue weighted by Gasteiger charge is 2.75. The van der Waals surface area contributed by atoms with E-state index in [1.165, 1.54) is 0 Å². The Morgan fingerprint density at radius 2 is 1.96 bits per heavy atom. The van der Waals surface area contributed by atoms with Gasteiger partial charge in [-0.2, -0.15) is 0 Å². The number of carbonyl (C=O) groups excluding carboxylic acids is 4. The molecule has 252 valence electrons. The predicted molar refractivity (Wildman–Crippen MR) is 174 cm³/mol. The lowest BCUT2D eigenvalue weighted by Gasteiger charge is -2.41. The zero-order valence-corrected chi connectivity index (χ0v) is 27.6. The highest BCUT2D eigenvalue weighted by molar-refractivity contribution is 5.99. The SMILES string of the molecule is C=CCCC(=O)OC[C@@H](NC(=O)[C@@H]1[C@@H]2CC[C@]3(O2)[C@H](C(=O)N(CC=C)CCCC)N([C@@H](CO)[C@@H](C)CC)C(=O)[C@@H]13)c1ccccc1. The molecule has 8 atom stereocenters. The van der Waals surface area contributed by atoms with E-state index in [-0.39, 0.29) is 43.3 Å². The average molecular weight is 638 g/mol. The summed E-state index contributed by atoms with van der Waals surface area (Å²) in [5.74, 6) is -3.17. The van der Waals surface area contributed by atoms with E-state index in [0.717, 1.165) is 18.4 Å². The Bertz CT molecular complexity index is 1260. The van der Waals surface area contributed by atoms with Crippen molar-refractivity contribution in [1.82, 2.24) is 15.1 Å². The molecule has 3 aliphatic rings. The van der Waals surface area contributed by atoms with Gasteiger partial charge in [-0.25, -0.2) is 0 Å². The van der Waals surface area contributed by atoms with E-state index in [4.69, 9.17) is 9.47 Å². The second-order valence-electron chi connectivity index (χ2n) is 12.8. The molecule has 0 radical (unpaired) electrons. The van der Waals surface area contributed by atoms with Crippen molar-refractivity contribution in [2.24, 2.45) is 17.8 Å². The Morgan fingerprint density at radius 1 is 1.22 bits per heavy atom. The molecule has 1 aromatic carbocycles. The van der Waals surface area contributed by atoms with E-state index in [1.54, 1.807) is 22.0 Å². The van der Waals surface area contributed by atoms with Gasteiger partial charge in [-0.3, -0.25) is 19.2 Å². The third-order valence-corrected chi connectivity index (χ3v) is 10.0. The number of ether oxygens (including phenoxy) is 2. The zero-order valence-electron chi connectivity index (χ0n) is 27.6. The fourth-order valence-electron chi connectivity index (χ4n) is 7.45. The van der Waals surface area contributed by atoms with E-state index in [1.807, 2.05) is 44.2 Å². The molecule has 0 saturated carbocycles. The first-order chi connectivity index (χ1) is 22.2. The minimum atomic E-state index is -1.19. The number of aliphatic hydroxyl groups is 1. The van der Waals surface area contributed by atoms with Crippen LogP contribution in [0.2, 0.25) is 0 Å². The number of carbonyl (C=O) groups is 4. The molecule has 46 heavy (non-hydrogen) atoms. The van der Waals surface area contributed by atoms with Crippen molar-refractivity contribution in [2.45, 2.75) is 95.5 Å². The smallest absolute Gasteiger partial charge is 0.306 e. The molecule has 3 heterocycles. The van der Waals surface area contributed by atoms with Crippen molar-refractivity contribution >= 4 is 23.7 Å². The fourth-order valence-corrected chi connectivity index (χ4v) is 7.45. The molecular weight excluding hydrogens is 586 g/mol. The number of amides is 3. The van der Waals surface area contributed by atoms with Gasteiger partial charge in [-0.15, -0.1) is 13.2 Å². The molecule has 1 aromatic rings. The number of rotatable bonds is 18. The Kier molecular flexibility index (Phi) is 12.2. The fraction of sp³-hybridized carbons (Fsp3) is 0.611. The van der Waals surface area contributed by atoms with Crippen LogP contribution < -0.4 is 5.32 Å². The highest BCUT2D eigenvalue weighted by atomic mass is 16.5. The predicted octanol–water partition coefficient (Wildman–Crippen LogP) is 3.95. The minimum Gasteiger partial charge on any atom is -0.463 e. The van der Waals surface area contributed by atoms with Gasteiger partial charge in [0.15, 0.2) is 0 Å². The number of allylic oxidation sites excluding steroid dienone is 1. The van der Waals surface area contributed by atoms with Gasteiger partial charge >= 0.3 is 5.97 Å². The van der Waals surface area contributed by atoms with Crippen molar-refractivity contribution in [3.8, 4) is 0 Å². The van der Waals surface area contributed by atoms with Crippen LogP contribution in [0, 0.1) is 17.8 Å². The van der Waals surface area contributed by atoms with Crippen molar-refractivity contribution in [1.29, 1.82) is 0 Å². The summed E-state index contributed by atoms with van der Waals surface area (Å²) in [7, 11) is 0. The Hall–Kier alpha value is -3.50. The molecular formula is C36H51N3O7. The third kappa shape index (κ3) is 6.93. The number of esters is 1. The Balaban J connectivity index is 1.68. The molecule has 3 saturated heterocycles. The standard InChI is InChI=1S/C36H51N3O7/c1-6-10-17-29(41)45-23-26(25-15-13-12-14-16-25)37-33(42)30-28-18-19-36(46-28)31(30)34(43)39(27(22-40)24(5)9-4)32(36)35(44)38(20-8-3)21-11-7-2/h6,8,12-16,24,26-28,30-32,40H,1,3,7,9-11,17-23H2,2,4-5H3,(H,37,42)/t24-,26+,27-,28-,30+,31+,32-,36+/m0/s1. The van der Waals surface area contributed by atoms with Crippen molar-refractivity contribution < 1.29 is 33.8 Å². The summed E-state index contributed by atoms with van der Waals surface area (Å²) in [6.45, 7) is 13.9. The molecule has 2 N–H and O–H groups in total. The van der Waals surface area contributed by atoms with Gasteiger partial charge in [-0.1, -0.05) is 76.1 Å². The summed E-state index contributed by atoms with van der Waals surface area (Å²) >= 11 is 0. The van der Waals surface area contributed by atoms with Crippen molar-refractivity contribution in [3.05, 3.63) is 61.2 Å². The quantitative estimate of drug-likeness (QED) is 0.185. The van der Waals surface area contributed by atoms with E-state index >= 15 is 0 Å². The molecule has 0 unspecified atom stereocenters. The Morgan fingerprint density at radius 3 is 2.59 bits per heavy atom. The summed E-state index contributed by atoms with van der Waals surface area (Å²) in [5, 5.41) is 13.7. The maximum absolute atomic E-state index is 14.6. The van der Waals surface area contributed by atoms with E-state index in [2.05, 4.69) is 25.4 Å². The van der Waals surface area contributed by atoms with Crippen LogP contribution in [0.1, 0.15) is 77.3 Å². The number of benzene rings is 1. The number of nitrogens with one attached hydrogen (secondary N) is 1. The zero-order chi connectivity index (χ0) is 33.4. The molecule has 0 aromatic heterocycles. The highest BCUT2D eigenvalue weighted by Crippen LogP contribution is 2.59.